The van der Waals surface area contributed by atoms with Crippen LogP contribution in [0.1, 0.15) is 36.5 Å². The van der Waals surface area contributed by atoms with Crippen molar-refractivity contribution in [2.75, 3.05) is 39.8 Å². The van der Waals surface area contributed by atoms with Crippen molar-refractivity contribution < 1.29 is 14.3 Å². The predicted molar refractivity (Wildman–Crippen MR) is 142 cm³/mol. The third-order valence-corrected chi connectivity index (χ3v) is 7.21. The topological polar surface area (TPSA) is 47.0 Å². The first-order valence-corrected chi connectivity index (χ1v) is 12.8. The smallest absolute Gasteiger partial charge is 0.246 e. The molecule has 2 fully saturated rings. The molecule has 5 nitrogen and oxygen atoms in total. The van der Waals surface area contributed by atoms with Gasteiger partial charge in [0.1, 0.15) is 11.4 Å². The van der Waals surface area contributed by atoms with Gasteiger partial charge in [-0.2, -0.15) is 0 Å². The molecule has 7 heteroatoms. The van der Waals surface area contributed by atoms with Gasteiger partial charge in [-0.05, 0) is 55.4 Å². The highest BCUT2D eigenvalue weighted by molar-refractivity contribution is 6.30. The van der Waals surface area contributed by atoms with E-state index >= 15 is 0 Å². The van der Waals surface area contributed by atoms with E-state index in [1.165, 1.54) is 12.1 Å². The zero-order valence-corrected chi connectivity index (χ0v) is 21.6. The van der Waals surface area contributed by atoms with Gasteiger partial charge in [0.2, 0.25) is 5.91 Å². The maximum Gasteiger partial charge on any atom is 0.246 e. The van der Waals surface area contributed by atoms with Gasteiger partial charge in [0.15, 0.2) is 0 Å². The Hall–Kier alpha value is -2.69. The molecule has 190 valence electrons. The third-order valence-electron chi connectivity index (χ3n) is 6.98. The number of piperazine rings is 1. The van der Waals surface area contributed by atoms with Gasteiger partial charge in [0.05, 0.1) is 0 Å². The molecule has 2 aliphatic rings. The molecule has 2 saturated heterocycles. The Balaban J connectivity index is 1.40. The summed E-state index contributed by atoms with van der Waals surface area (Å²) in [5, 5.41) is 11.4. The number of carbonyl (C=O) groups excluding carboxylic acids is 1. The third kappa shape index (κ3) is 6.96. The minimum absolute atomic E-state index is 0.0493. The van der Waals surface area contributed by atoms with Gasteiger partial charge in [-0.25, -0.2) is 4.39 Å². The van der Waals surface area contributed by atoms with Crippen molar-refractivity contribution >= 4 is 23.6 Å². The van der Waals surface area contributed by atoms with Crippen LogP contribution >= 0.6 is 11.6 Å². The lowest BCUT2D eigenvalue weighted by molar-refractivity contribution is -0.130. The Morgan fingerprint density at radius 1 is 1.17 bits per heavy atom. The fraction of sp³-hybridized carbons (Fsp3) is 0.414. The van der Waals surface area contributed by atoms with Crippen LogP contribution in [0.5, 0.6) is 0 Å². The number of nitrogens with zero attached hydrogens (tertiary/aromatic N) is 3. The Labute approximate surface area is 218 Å². The standard InChI is InChI=1S/C29H33ClFN3O2/c1-22-20-33(21-23-3-8-27(31)9-4-23)17-18-34(22)28(35)10-6-24-5-7-26(30)19-25(24)11-12-29(36)13-15-32(2)16-14-29/h3-10,19,22,36H,13-18,20-21H2,1-2H3. The summed E-state index contributed by atoms with van der Waals surface area (Å²) < 4.78 is 13.2. The minimum atomic E-state index is -1.01. The van der Waals surface area contributed by atoms with Crippen LogP contribution < -0.4 is 0 Å². The summed E-state index contributed by atoms with van der Waals surface area (Å²) in [5.41, 5.74) is 1.54. The molecule has 0 aliphatic carbocycles. The van der Waals surface area contributed by atoms with Crippen LogP contribution in [-0.4, -0.2) is 77.1 Å². The Kier molecular flexibility index (Phi) is 8.48. The summed E-state index contributed by atoms with van der Waals surface area (Å²) in [6, 6.07) is 12.0. The number of hydrogen-bond donors (Lipinski definition) is 1. The first kappa shape index (κ1) is 26.4. The number of benzene rings is 2. The molecule has 0 radical (unpaired) electrons. The quantitative estimate of drug-likeness (QED) is 0.499. The zero-order chi connectivity index (χ0) is 25.7. The molecule has 0 aromatic heterocycles. The second kappa shape index (κ2) is 11.6. The van der Waals surface area contributed by atoms with Crippen LogP contribution in [0.15, 0.2) is 48.5 Å². The minimum Gasteiger partial charge on any atom is -0.377 e. The summed E-state index contributed by atoms with van der Waals surface area (Å²) in [5.74, 6) is 5.88. The van der Waals surface area contributed by atoms with Crippen LogP contribution in [0.2, 0.25) is 5.02 Å². The maximum absolute atomic E-state index is 13.2. The van der Waals surface area contributed by atoms with Crippen molar-refractivity contribution in [3.63, 3.8) is 0 Å². The summed E-state index contributed by atoms with van der Waals surface area (Å²) in [4.78, 5) is 19.4. The first-order chi connectivity index (χ1) is 17.2. The number of likely N-dealkylation sites (tertiary alicyclic amines) is 1. The van der Waals surface area contributed by atoms with E-state index in [1.54, 1.807) is 36.4 Å². The van der Waals surface area contributed by atoms with Crippen LogP contribution in [0.3, 0.4) is 0 Å². The lowest BCUT2D eigenvalue weighted by Gasteiger charge is -2.39. The van der Waals surface area contributed by atoms with E-state index < -0.39 is 5.60 Å². The van der Waals surface area contributed by atoms with Gasteiger partial charge in [-0.1, -0.05) is 41.6 Å². The molecule has 1 N–H and O–H groups in total. The molecule has 2 heterocycles. The zero-order valence-electron chi connectivity index (χ0n) is 20.9. The largest absolute Gasteiger partial charge is 0.377 e. The Morgan fingerprint density at radius 2 is 1.89 bits per heavy atom. The number of rotatable bonds is 4. The van der Waals surface area contributed by atoms with Gasteiger partial charge in [0.25, 0.3) is 0 Å². The molecule has 36 heavy (non-hydrogen) atoms. The molecule has 1 atom stereocenters. The van der Waals surface area contributed by atoms with Crippen molar-refractivity contribution in [3.05, 3.63) is 76.1 Å². The van der Waals surface area contributed by atoms with Crippen molar-refractivity contribution in [1.29, 1.82) is 0 Å². The highest BCUT2D eigenvalue weighted by Gasteiger charge is 2.29. The lowest BCUT2D eigenvalue weighted by atomic mass is 9.92. The molecule has 0 bridgehead atoms. The van der Waals surface area contributed by atoms with Crippen molar-refractivity contribution in [2.24, 2.45) is 0 Å². The monoisotopic (exact) mass is 509 g/mol. The summed E-state index contributed by atoms with van der Waals surface area (Å²) in [7, 11) is 2.04. The van der Waals surface area contributed by atoms with E-state index in [1.807, 2.05) is 24.9 Å². The van der Waals surface area contributed by atoms with Crippen molar-refractivity contribution in [2.45, 2.75) is 38.0 Å². The number of hydrogen-bond acceptors (Lipinski definition) is 4. The highest BCUT2D eigenvalue weighted by atomic mass is 35.5. The number of halogens is 2. The molecule has 0 spiro atoms. The molecular weight excluding hydrogens is 477 g/mol. The summed E-state index contributed by atoms with van der Waals surface area (Å²) in [6.07, 6.45) is 4.57. The lowest BCUT2D eigenvalue weighted by Crippen LogP contribution is -2.53. The van der Waals surface area contributed by atoms with Crippen LogP contribution in [0.25, 0.3) is 6.08 Å². The van der Waals surface area contributed by atoms with Gasteiger partial charge < -0.3 is 14.9 Å². The fourth-order valence-corrected chi connectivity index (χ4v) is 4.86. The van der Waals surface area contributed by atoms with Gasteiger partial charge in [-0.3, -0.25) is 9.69 Å². The molecule has 4 rings (SSSR count). The molecule has 0 saturated carbocycles. The van der Waals surface area contributed by atoms with Crippen molar-refractivity contribution in [1.82, 2.24) is 14.7 Å². The number of carbonyl (C=O) groups is 1. The molecule has 2 aromatic rings. The van der Waals surface area contributed by atoms with E-state index in [9.17, 15) is 14.3 Å². The second-order valence-corrected chi connectivity index (χ2v) is 10.3. The van der Waals surface area contributed by atoms with E-state index in [0.29, 0.717) is 30.0 Å². The highest BCUT2D eigenvalue weighted by Crippen LogP contribution is 2.22. The Morgan fingerprint density at radius 3 is 2.58 bits per heavy atom. The van der Waals surface area contributed by atoms with E-state index in [4.69, 9.17) is 11.6 Å². The molecule has 2 aromatic carbocycles. The van der Waals surface area contributed by atoms with Crippen molar-refractivity contribution in [3.8, 4) is 11.8 Å². The summed E-state index contributed by atoms with van der Waals surface area (Å²) in [6.45, 7) is 6.52. The molecule has 1 amide bonds. The van der Waals surface area contributed by atoms with E-state index in [-0.39, 0.29) is 17.8 Å². The predicted octanol–water partition coefficient (Wildman–Crippen LogP) is 4.03. The average Bonchev–Trinajstić information content (AvgIpc) is 2.85. The second-order valence-electron chi connectivity index (χ2n) is 9.89. The van der Waals surface area contributed by atoms with Crippen LogP contribution in [-0.2, 0) is 11.3 Å². The first-order valence-electron chi connectivity index (χ1n) is 12.4. The molecular formula is C29H33ClFN3O2. The van der Waals surface area contributed by atoms with Crippen LogP contribution in [0.4, 0.5) is 4.39 Å². The fourth-order valence-electron chi connectivity index (χ4n) is 4.69. The van der Waals surface area contributed by atoms with Gasteiger partial charge >= 0.3 is 0 Å². The maximum atomic E-state index is 13.2. The van der Waals surface area contributed by atoms with Gasteiger partial charge in [-0.15, -0.1) is 0 Å². The molecule has 2 aliphatic heterocycles. The van der Waals surface area contributed by atoms with E-state index in [2.05, 4.69) is 21.6 Å². The Bertz CT molecular complexity index is 1160. The summed E-state index contributed by atoms with van der Waals surface area (Å²) >= 11 is 6.22. The number of piperidine rings is 1. The van der Waals surface area contributed by atoms with Gasteiger partial charge in [0, 0.05) is 74.8 Å². The normalized spacial score (nSPS) is 20.8. The van der Waals surface area contributed by atoms with E-state index in [0.717, 1.165) is 43.9 Å². The number of aliphatic hydroxyl groups is 1. The van der Waals surface area contributed by atoms with Crippen LogP contribution in [0, 0.1) is 17.7 Å². The molecule has 1 unspecified atom stereocenters. The number of amides is 1. The average molecular weight is 510 g/mol. The SMILES string of the molecule is CC1CN(Cc2ccc(F)cc2)CCN1C(=O)C=Cc1ccc(Cl)cc1C#CC1(O)CCN(C)CC1.